The normalized spacial score (nSPS) is 27.0. The summed E-state index contributed by atoms with van der Waals surface area (Å²) in [5.41, 5.74) is 0.980. The minimum atomic E-state index is 0.0970. The van der Waals surface area contributed by atoms with E-state index in [0.717, 1.165) is 31.4 Å². The van der Waals surface area contributed by atoms with Gasteiger partial charge in [-0.1, -0.05) is 0 Å². The molecule has 1 aliphatic heterocycles. The number of anilines is 1. The SMILES string of the molecule is CC(NC1CCC(CO)CC1)c1cc2c(s1)SCC(=O)N2. The lowest BCUT2D eigenvalue weighted by atomic mass is 9.86. The first-order valence-electron chi connectivity index (χ1n) is 7.59. The molecule has 1 unspecified atom stereocenters. The summed E-state index contributed by atoms with van der Waals surface area (Å²) in [4.78, 5) is 12.7. The first-order chi connectivity index (χ1) is 10.2. The zero-order valence-corrected chi connectivity index (χ0v) is 13.9. The van der Waals surface area contributed by atoms with E-state index in [1.54, 1.807) is 23.1 Å². The number of fused-ring (bicyclic) bond motifs is 1. The number of thioether (sulfide) groups is 1. The monoisotopic (exact) mass is 326 g/mol. The van der Waals surface area contributed by atoms with Crippen molar-refractivity contribution in [1.29, 1.82) is 0 Å². The predicted molar refractivity (Wildman–Crippen MR) is 88.1 cm³/mol. The van der Waals surface area contributed by atoms with Crippen molar-refractivity contribution in [2.24, 2.45) is 5.92 Å². The van der Waals surface area contributed by atoms with Crippen LogP contribution in [0.4, 0.5) is 5.69 Å². The van der Waals surface area contributed by atoms with Gasteiger partial charge in [-0.05, 0) is 44.6 Å². The maximum atomic E-state index is 11.4. The molecule has 0 bridgehead atoms. The van der Waals surface area contributed by atoms with E-state index in [0.29, 0.717) is 30.4 Å². The molecule has 6 heteroatoms. The minimum absolute atomic E-state index is 0.0970. The number of rotatable bonds is 4. The number of aliphatic hydroxyl groups excluding tert-OH is 1. The number of thiophene rings is 1. The van der Waals surface area contributed by atoms with Crippen molar-refractivity contribution in [1.82, 2.24) is 5.32 Å². The Balaban J connectivity index is 1.58. The minimum Gasteiger partial charge on any atom is -0.396 e. The Morgan fingerprint density at radius 1 is 1.43 bits per heavy atom. The largest absolute Gasteiger partial charge is 0.396 e. The molecule has 21 heavy (non-hydrogen) atoms. The molecule has 2 heterocycles. The highest BCUT2D eigenvalue weighted by molar-refractivity contribution is 8.02. The third kappa shape index (κ3) is 3.62. The van der Waals surface area contributed by atoms with E-state index in [1.807, 2.05) is 0 Å². The number of hydrogen-bond acceptors (Lipinski definition) is 5. The standard InChI is InChI=1S/C15H22N2O2S2/c1-9(16-11-4-2-10(7-18)3-5-11)13-6-12-15(21-13)20-8-14(19)17-12/h6,9-11,16,18H,2-5,7-8H2,1H3,(H,17,19). The average Bonchev–Trinajstić information content (AvgIpc) is 2.91. The van der Waals surface area contributed by atoms with E-state index in [-0.39, 0.29) is 5.91 Å². The molecule has 1 aromatic rings. The molecule has 1 amide bonds. The van der Waals surface area contributed by atoms with Crippen molar-refractivity contribution >= 4 is 34.7 Å². The molecule has 2 aliphatic rings. The van der Waals surface area contributed by atoms with Gasteiger partial charge in [0.1, 0.15) is 0 Å². The first kappa shape index (κ1) is 15.3. The van der Waals surface area contributed by atoms with Crippen LogP contribution in [0.1, 0.15) is 43.5 Å². The number of carbonyl (C=O) groups is 1. The molecular weight excluding hydrogens is 304 g/mol. The van der Waals surface area contributed by atoms with Gasteiger partial charge in [0.25, 0.3) is 0 Å². The Kier molecular flexibility index (Phi) is 4.88. The van der Waals surface area contributed by atoms with Crippen LogP contribution < -0.4 is 10.6 Å². The van der Waals surface area contributed by atoms with E-state index >= 15 is 0 Å². The molecule has 0 aromatic carbocycles. The highest BCUT2D eigenvalue weighted by Gasteiger charge is 2.24. The molecule has 1 saturated carbocycles. The van der Waals surface area contributed by atoms with Gasteiger partial charge in [0.15, 0.2) is 0 Å². The van der Waals surface area contributed by atoms with Crippen LogP contribution in [0.5, 0.6) is 0 Å². The second-order valence-electron chi connectivity index (χ2n) is 5.98. The lowest BCUT2D eigenvalue weighted by molar-refractivity contribution is -0.113. The van der Waals surface area contributed by atoms with Crippen LogP contribution in [0.25, 0.3) is 0 Å². The average molecular weight is 326 g/mol. The van der Waals surface area contributed by atoms with Crippen molar-refractivity contribution in [3.63, 3.8) is 0 Å². The van der Waals surface area contributed by atoms with Crippen LogP contribution in [0.3, 0.4) is 0 Å². The summed E-state index contributed by atoms with van der Waals surface area (Å²) in [5, 5.41) is 15.9. The molecule has 3 N–H and O–H groups in total. The van der Waals surface area contributed by atoms with Crippen LogP contribution in [0.15, 0.2) is 10.3 Å². The van der Waals surface area contributed by atoms with Gasteiger partial charge < -0.3 is 15.7 Å². The Labute approximate surface area is 133 Å². The maximum Gasteiger partial charge on any atom is 0.234 e. The van der Waals surface area contributed by atoms with E-state index in [1.165, 1.54) is 9.09 Å². The van der Waals surface area contributed by atoms with E-state index in [9.17, 15) is 9.90 Å². The number of amides is 1. The van der Waals surface area contributed by atoms with Gasteiger partial charge in [0.2, 0.25) is 5.91 Å². The van der Waals surface area contributed by atoms with Gasteiger partial charge in [-0.2, -0.15) is 0 Å². The van der Waals surface area contributed by atoms with Crippen molar-refractivity contribution in [3.8, 4) is 0 Å². The summed E-state index contributed by atoms with van der Waals surface area (Å²) in [5.74, 6) is 1.12. The van der Waals surface area contributed by atoms with Gasteiger partial charge in [-0.3, -0.25) is 4.79 Å². The second kappa shape index (κ2) is 6.69. The summed E-state index contributed by atoms with van der Waals surface area (Å²) in [6.07, 6.45) is 4.53. The van der Waals surface area contributed by atoms with Crippen molar-refractivity contribution in [2.75, 3.05) is 17.7 Å². The Morgan fingerprint density at radius 2 is 2.19 bits per heavy atom. The quantitative estimate of drug-likeness (QED) is 0.796. The van der Waals surface area contributed by atoms with E-state index in [4.69, 9.17) is 0 Å². The predicted octanol–water partition coefficient (Wildman–Crippen LogP) is 2.99. The molecule has 3 rings (SSSR count). The summed E-state index contributed by atoms with van der Waals surface area (Å²) in [6.45, 7) is 2.53. The van der Waals surface area contributed by atoms with Gasteiger partial charge in [0.05, 0.1) is 15.6 Å². The first-order valence-corrected chi connectivity index (χ1v) is 9.39. The second-order valence-corrected chi connectivity index (χ2v) is 8.30. The molecule has 1 aliphatic carbocycles. The molecule has 1 aromatic heterocycles. The zero-order valence-electron chi connectivity index (χ0n) is 12.2. The summed E-state index contributed by atoms with van der Waals surface area (Å²) >= 11 is 3.42. The summed E-state index contributed by atoms with van der Waals surface area (Å²) in [6, 6.07) is 2.97. The third-order valence-electron chi connectivity index (χ3n) is 4.34. The van der Waals surface area contributed by atoms with Crippen LogP contribution in [-0.4, -0.2) is 29.4 Å². The fourth-order valence-electron chi connectivity index (χ4n) is 3.07. The van der Waals surface area contributed by atoms with Crippen LogP contribution in [0.2, 0.25) is 0 Å². The maximum absolute atomic E-state index is 11.4. The van der Waals surface area contributed by atoms with E-state index in [2.05, 4.69) is 23.6 Å². The Hall–Kier alpha value is -0.560. The molecule has 0 spiro atoms. The highest BCUT2D eigenvalue weighted by Crippen LogP contribution is 2.41. The molecular formula is C15H22N2O2S2. The van der Waals surface area contributed by atoms with Crippen LogP contribution in [0, 0.1) is 5.92 Å². The van der Waals surface area contributed by atoms with Crippen molar-refractivity contribution < 1.29 is 9.90 Å². The smallest absolute Gasteiger partial charge is 0.234 e. The fourth-order valence-corrected chi connectivity index (χ4v) is 5.22. The third-order valence-corrected chi connectivity index (χ3v) is 6.95. The highest BCUT2D eigenvalue weighted by atomic mass is 32.2. The van der Waals surface area contributed by atoms with E-state index < -0.39 is 0 Å². The van der Waals surface area contributed by atoms with Gasteiger partial charge in [0, 0.05) is 23.6 Å². The number of aliphatic hydroxyl groups is 1. The molecule has 0 radical (unpaired) electrons. The van der Waals surface area contributed by atoms with Gasteiger partial charge in [-0.25, -0.2) is 0 Å². The van der Waals surface area contributed by atoms with Gasteiger partial charge >= 0.3 is 0 Å². The van der Waals surface area contributed by atoms with Crippen molar-refractivity contribution in [3.05, 3.63) is 10.9 Å². The zero-order chi connectivity index (χ0) is 14.8. The van der Waals surface area contributed by atoms with Crippen molar-refractivity contribution in [2.45, 2.75) is 48.9 Å². The number of hydrogen-bond donors (Lipinski definition) is 3. The van der Waals surface area contributed by atoms with Crippen LogP contribution in [-0.2, 0) is 4.79 Å². The molecule has 116 valence electrons. The summed E-state index contributed by atoms with van der Waals surface area (Å²) in [7, 11) is 0. The molecule has 4 nitrogen and oxygen atoms in total. The molecule has 0 saturated heterocycles. The Bertz CT molecular complexity index is 510. The lowest BCUT2D eigenvalue weighted by Gasteiger charge is -2.30. The Morgan fingerprint density at radius 3 is 2.90 bits per heavy atom. The topological polar surface area (TPSA) is 61.4 Å². The summed E-state index contributed by atoms with van der Waals surface area (Å²) < 4.78 is 1.22. The van der Waals surface area contributed by atoms with Crippen LogP contribution >= 0.6 is 23.1 Å². The fraction of sp³-hybridized carbons (Fsp3) is 0.667. The number of carbonyl (C=O) groups excluding carboxylic acids is 1. The lowest BCUT2D eigenvalue weighted by Crippen LogP contribution is -2.35. The number of nitrogens with one attached hydrogen (secondary N) is 2. The molecule has 1 atom stereocenters. The van der Waals surface area contributed by atoms with Gasteiger partial charge in [-0.15, -0.1) is 23.1 Å². The molecule has 1 fully saturated rings.